The van der Waals surface area contributed by atoms with Gasteiger partial charge in [-0.2, -0.15) is 0 Å². The van der Waals surface area contributed by atoms with Crippen LogP contribution in [-0.4, -0.2) is 11.4 Å². The second kappa shape index (κ2) is 1.38. The maximum Gasteiger partial charge on any atom is 0.0812 e. The van der Waals surface area contributed by atoms with Crippen molar-refractivity contribution >= 4 is 15.9 Å². The Labute approximate surface area is 56.8 Å². The molecule has 2 aliphatic rings. The summed E-state index contributed by atoms with van der Waals surface area (Å²) in [5.41, 5.74) is 0. The molecule has 0 spiro atoms. The van der Waals surface area contributed by atoms with Gasteiger partial charge in [-0.25, -0.2) is 0 Å². The molecule has 1 unspecified atom stereocenters. The van der Waals surface area contributed by atoms with Gasteiger partial charge in [0.2, 0.25) is 0 Å². The molecule has 0 aromatic carbocycles. The molecule has 0 aromatic rings. The third-order valence-corrected chi connectivity index (χ3v) is 2.27. The van der Waals surface area contributed by atoms with Crippen LogP contribution < -0.4 is 0 Å². The van der Waals surface area contributed by atoms with Gasteiger partial charge in [0.1, 0.15) is 0 Å². The molecule has 0 radical (unpaired) electrons. The minimum absolute atomic E-state index is 0.685. The monoisotopic (exact) mass is 171 g/mol. The Morgan fingerprint density at radius 2 is 2.62 bits per heavy atom. The summed E-state index contributed by atoms with van der Waals surface area (Å²) >= 11 is 3.43. The van der Waals surface area contributed by atoms with Gasteiger partial charge >= 0.3 is 0 Å². The van der Waals surface area contributed by atoms with Gasteiger partial charge in [0.15, 0.2) is 0 Å². The van der Waals surface area contributed by atoms with Gasteiger partial charge in [-0.05, 0) is 22.0 Å². The Morgan fingerprint density at radius 3 is 2.88 bits per heavy atom. The first-order chi connectivity index (χ1) is 3.86. The average molecular weight is 172 g/mol. The maximum absolute atomic E-state index is 3.43. The number of hydrogen-bond donors (Lipinski definition) is 0. The minimum atomic E-state index is 0.685. The van der Waals surface area contributed by atoms with Crippen LogP contribution in [0.3, 0.4) is 0 Å². The normalized spacial score (nSPS) is 31.9. The molecule has 0 aliphatic carbocycles. The molecule has 8 heavy (non-hydrogen) atoms. The van der Waals surface area contributed by atoms with E-state index < -0.39 is 0 Å². The Bertz CT molecular complexity index is 171. The highest BCUT2D eigenvalue weighted by Gasteiger charge is 2.22. The highest BCUT2D eigenvalue weighted by atomic mass is 79.9. The average Bonchev–Trinajstić information content (AvgIpc) is 2.23. The lowest BCUT2D eigenvalue weighted by Crippen LogP contribution is -2.05. The van der Waals surface area contributed by atoms with E-state index in [-0.39, 0.29) is 0 Å². The predicted octanol–water partition coefficient (Wildman–Crippen LogP) is 1.68. The highest BCUT2D eigenvalue weighted by molar-refractivity contribution is 9.11. The third kappa shape index (κ3) is 0.465. The van der Waals surface area contributed by atoms with Crippen LogP contribution in [0.2, 0.25) is 0 Å². The van der Waals surface area contributed by atoms with Crippen molar-refractivity contribution in [1.82, 2.24) is 4.90 Å². The van der Waals surface area contributed by atoms with Gasteiger partial charge in [-0.15, -0.1) is 0 Å². The van der Waals surface area contributed by atoms with Crippen LogP contribution in [0, 0.1) is 5.92 Å². The topological polar surface area (TPSA) is 3.24 Å². The van der Waals surface area contributed by atoms with Gasteiger partial charge in [0, 0.05) is 18.7 Å². The fourth-order valence-electron chi connectivity index (χ4n) is 1.10. The van der Waals surface area contributed by atoms with Gasteiger partial charge < -0.3 is 4.90 Å². The molecule has 2 rings (SSSR count). The molecular formula is C6H6BrN. The lowest BCUT2D eigenvalue weighted by molar-refractivity contribution is 0.547. The van der Waals surface area contributed by atoms with Crippen LogP contribution in [0.1, 0.15) is 0 Å². The van der Waals surface area contributed by atoms with Crippen molar-refractivity contribution in [1.29, 1.82) is 0 Å². The van der Waals surface area contributed by atoms with E-state index in [4.69, 9.17) is 0 Å². The lowest BCUT2D eigenvalue weighted by Gasteiger charge is -2.07. The van der Waals surface area contributed by atoms with E-state index in [1.165, 1.54) is 4.61 Å². The summed E-state index contributed by atoms with van der Waals surface area (Å²) in [4.78, 5) is 2.20. The quantitative estimate of drug-likeness (QED) is 0.502. The Morgan fingerprint density at radius 1 is 1.75 bits per heavy atom. The molecule has 0 saturated heterocycles. The molecule has 42 valence electrons. The first kappa shape index (κ1) is 4.62. The summed E-state index contributed by atoms with van der Waals surface area (Å²) in [7, 11) is 0. The van der Waals surface area contributed by atoms with E-state index in [2.05, 4.69) is 39.2 Å². The lowest BCUT2D eigenvalue weighted by atomic mass is 10.2. The van der Waals surface area contributed by atoms with Crippen molar-refractivity contribution in [2.24, 2.45) is 5.92 Å². The molecule has 2 heteroatoms. The summed E-state index contributed by atoms with van der Waals surface area (Å²) in [6.07, 6.45) is 6.56. The van der Waals surface area contributed by atoms with Crippen molar-refractivity contribution in [3.8, 4) is 0 Å². The van der Waals surface area contributed by atoms with Crippen LogP contribution >= 0.6 is 15.9 Å². The van der Waals surface area contributed by atoms with Crippen molar-refractivity contribution in [3.63, 3.8) is 0 Å². The largest absolute Gasteiger partial charge is 0.342 e. The van der Waals surface area contributed by atoms with Crippen molar-refractivity contribution < 1.29 is 0 Å². The second-order valence-electron chi connectivity index (χ2n) is 2.15. The predicted molar refractivity (Wildman–Crippen MR) is 36.3 cm³/mol. The van der Waals surface area contributed by atoms with Crippen molar-refractivity contribution in [2.45, 2.75) is 0 Å². The van der Waals surface area contributed by atoms with Gasteiger partial charge in [0.25, 0.3) is 0 Å². The summed E-state index contributed by atoms with van der Waals surface area (Å²) in [5, 5.41) is 0. The van der Waals surface area contributed by atoms with E-state index in [1.54, 1.807) is 0 Å². The zero-order chi connectivity index (χ0) is 5.56. The Kier molecular flexibility index (Phi) is 0.796. The molecule has 2 heterocycles. The van der Waals surface area contributed by atoms with Crippen LogP contribution in [-0.2, 0) is 0 Å². The molecule has 0 saturated carbocycles. The highest BCUT2D eigenvalue weighted by Crippen LogP contribution is 2.30. The molecule has 0 fully saturated rings. The second-order valence-corrected chi connectivity index (χ2v) is 2.96. The van der Waals surface area contributed by atoms with Gasteiger partial charge in [-0.1, -0.05) is 6.08 Å². The van der Waals surface area contributed by atoms with E-state index in [0.29, 0.717) is 5.92 Å². The number of fused-ring (bicyclic) bond motifs is 2. The molecular weight excluding hydrogens is 166 g/mol. The summed E-state index contributed by atoms with van der Waals surface area (Å²) < 4.78 is 1.23. The van der Waals surface area contributed by atoms with Gasteiger partial charge in [0.05, 0.1) is 4.61 Å². The molecule has 0 amide bonds. The number of hydrogen-bond acceptors (Lipinski definition) is 1. The first-order valence-corrected chi connectivity index (χ1v) is 3.48. The molecule has 0 N–H and O–H groups in total. The van der Waals surface area contributed by atoms with E-state index in [1.807, 2.05) is 0 Å². The van der Waals surface area contributed by atoms with Crippen LogP contribution in [0.5, 0.6) is 0 Å². The zero-order valence-corrected chi connectivity index (χ0v) is 5.93. The van der Waals surface area contributed by atoms with Crippen LogP contribution in [0.25, 0.3) is 0 Å². The SMILES string of the molecule is BrC1=CC2C=CN1C2. The molecule has 0 aromatic heterocycles. The molecule has 2 aliphatic heterocycles. The maximum atomic E-state index is 3.43. The Hall–Kier alpha value is -0.240. The van der Waals surface area contributed by atoms with Gasteiger partial charge in [-0.3, -0.25) is 0 Å². The standard InChI is InChI=1S/C6H6BrN/c7-6-3-5-1-2-8(6)4-5/h1-3,5H,4H2. The van der Waals surface area contributed by atoms with Crippen molar-refractivity contribution in [3.05, 3.63) is 23.0 Å². The van der Waals surface area contributed by atoms with Crippen molar-refractivity contribution in [2.75, 3.05) is 6.54 Å². The minimum Gasteiger partial charge on any atom is -0.342 e. The van der Waals surface area contributed by atoms with Crippen LogP contribution in [0.4, 0.5) is 0 Å². The smallest absolute Gasteiger partial charge is 0.0812 e. The van der Waals surface area contributed by atoms with Crippen LogP contribution in [0.15, 0.2) is 23.0 Å². The summed E-state index contributed by atoms with van der Waals surface area (Å²) in [5.74, 6) is 0.685. The summed E-state index contributed by atoms with van der Waals surface area (Å²) in [6, 6.07) is 0. The first-order valence-electron chi connectivity index (χ1n) is 2.68. The molecule has 1 nitrogen and oxygen atoms in total. The fourth-order valence-corrected chi connectivity index (χ4v) is 1.70. The molecule has 2 bridgehead atoms. The zero-order valence-electron chi connectivity index (χ0n) is 4.34. The number of halogens is 1. The van der Waals surface area contributed by atoms with E-state index in [0.717, 1.165) is 6.54 Å². The molecule has 1 atom stereocenters. The Balaban J connectivity index is 2.36. The third-order valence-electron chi connectivity index (χ3n) is 1.55. The summed E-state index contributed by atoms with van der Waals surface area (Å²) in [6.45, 7) is 1.15. The van der Waals surface area contributed by atoms with E-state index >= 15 is 0 Å². The number of rotatable bonds is 0. The van der Waals surface area contributed by atoms with E-state index in [9.17, 15) is 0 Å². The number of nitrogens with zero attached hydrogens (tertiary/aromatic N) is 1. The fraction of sp³-hybridized carbons (Fsp3) is 0.333.